The van der Waals surface area contributed by atoms with Crippen LogP contribution in [-0.2, 0) is 30.2 Å². The maximum atomic E-state index is 13.3. The van der Waals surface area contributed by atoms with Gasteiger partial charge in [0.2, 0.25) is 0 Å². The maximum Gasteiger partial charge on any atom is 0.453 e. The van der Waals surface area contributed by atoms with E-state index in [1.54, 1.807) is 34.5 Å². The zero-order valence-corrected chi connectivity index (χ0v) is 40.2. The molecule has 1 atom stereocenters. The first-order valence-corrected chi connectivity index (χ1v) is 24.8. The third-order valence-electron chi connectivity index (χ3n) is 11.5. The van der Waals surface area contributed by atoms with Crippen LogP contribution in [0, 0.1) is 0 Å². The third-order valence-corrected chi connectivity index (χ3v) is 13.6. The molecule has 5 aromatic carbocycles. The molecule has 64 heavy (non-hydrogen) atoms. The highest BCUT2D eigenvalue weighted by Gasteiger charge is 2.32. The van der Waals surface area contributed by atoms with E-state index in [4.69, 9.17) is 40.9 Å². The average molecular weight is 910 g/mol. The van der Waals surface area contributed by atoms with Crippen LogP contribution in [0.3, 0.4) is 0 Å². The Morgan fingerprint density at radius 3 is 1.41 bits per heavy atom. The Morgan fingerprint density at radius 2 is 0.938 bits per heavy atom. The van der Waals surface area contributed by atoms with Gasteiger partial charge in [-0.25, -0.2) is 4.79 Å². The van der Waals surface area contributed by atoms with Crippen molar-refractivity contribution >= 4 is 50.4 Å². The van der Waals surface area contributed by atoms with Crippen molar-refractivity contribution in [2.45, 2.75) is 105 Å². The van der Waals surface area contributed by atoms with Crippen molar-refractivity contribution in [2.24, 2.45) is 0 Å². The number of hydrogen-bond acceptors (Lipinski definition) is 11. The molecule has 6 aromatic rings. The molecule has 0 bridgehead atoms. The number of ether oxygens (including phenoxy) is 4. The Hall–Kier alpha value is -5.50. The number of unbranched alkanes of at least 4 members (excludes halogenated alkanes) is 4. The fraction of sp³-hybridized carbons (Fsp3) is 0.392. The Balaban J connectivity index is 1.52. The van der Waals surface area contributed by atoms with Crippen molar-refractivity contribution in [1.29, 1.82) is 0 Å². The highest BCUT2D eigenvalue weighted by Crippen LogP contribution is 2.53. The smallest absolute Gasteiger partial charge is 0.453 e. The summed E-state index contributed by atoms with van der Waals surface area (Å²) in [5, 5.41) is 5.06. The molecule has 0 amide bonds. The maximum absolute atomic E-state index is 13.3. The summed E-state index contributed by atoms with van der Waals surface area (Å²) in [7, 11) is 2.61. The predicted molar refractivity (Wildman–Crippen MR) is 258 cm³/mol. The number of carbonyl (C=O) groups is 1. The molecule has 2 heterocycles. The lowest BCUT2D eigenvalue weighted by Crippen LogP contribution is -2.17. The van der Waals surface area contributed by atoms with E-state index < -0.39 is 22.7 Å². The number of nitrogens with one attached hydrogen (secondary N) is 1. The first-order chi connectivity index (χ1) is 31.2. The summed E-state index contributed by atoms with van der Waals surface area (Å²) >= 11 is 0. The molecule has 340 valence electrons. The molecule has 11 nitrogen and oxygen atoms in total. The van der Waals surface area contributed by atoms with Crippen LogP contribution < -0.4 is 33.1 Å². The van der Waals surface area contributed by atoms with Gasteiger partial charge in [-0.05, 0) is 134 Å². The predicted octanol–water partition coefficient (Wildman–Crippen LogP) is 15.1. The van der Waals surface area contributed by atoms with E-state index in [0.717, 1.165) is 109 Å². The topological polar surface area (TPSA) is 120 Å². The summed E-state index contributed by atoms with van der Waals surface area (Å²) in [5.74, 6) is 3.43. The van der Waals surface area contributed by atoms with Crippen LogP contribution in [0.25, 0.3) is 33.1 Å². The Morgan fingerprint density at radius 1 is 0.516 bits per heavy atom. The van der Waals surface area contributed by atoms with Crippen LogP contribution in [0.15, 0.2) is 81.2 Å². The van der Waals surface area contributed by atoms with Crippen molar-refractivity contribution in [2.75, 3.05) is 33.5 Å². The lowest BCUT2D eigenvalue weighted by atomic mass is 9.94. The first kappa shape index (κ1) is 46.5. The van der Waals surface area contributed by atoms with Crippen LogP contribution in [0.2, 0.25) is 0 Å². The molecular weight excluding hydrogens is 849 g/mol. The van der Waals surface area contributed by atoms with Crippen LogP contribution in [-0.4, -0.2) is 34.4 Å². The number of anilines is 1. The van der Waals surface area contributed by atoms with Gasteiger partial charge < -0.3 is 40.9 Å². The first-order valence-electron chi connectivity index (χ1n) is 22.5. The Bertz CT molecular complexity index is 2550. The van der Waals surface area contributed by atoms with Crippen LogP contribution in [0.4, 0.5) is 5.69 Å². The lowest BCUT2D eigenvalue weighted by molar-refractivity contribution is 0.0738. The molecular formula is C51H61NO10P2. The molecule has 0 spiro atoms. The van der Waals surface area contributed by atoms with E-state index in [1.165, 1.54) is 0 Å². The van der Waals surface area contributed by atoms with Gasteiger partial charge in [0.1, 0.15) is 45.7 Å². The monoisotopic (exact) mass is 909 g/mol. The van der Waals surface area contributed by atoms with Gasteiger partial charge >= 0.3 is 22.7 Å². The number of benzene rings is 5. The van der Waals surface area contributed by atoms with Gasteiger partial charge in [0.05, 0.1) is 39.7 Å². The molecule has 1 aromatic heterocycles. The van der Waals surface area contributed by atoms with Gasteiger partial charge in [0.15, 0.2) is 0 Å². The fourth-order valence-corrected chi connectivity index (χ4v) is 10.3. The van der Waals surface area contributed by atoms with Gasteiger partial charge in [-0.3, -0.25) is 5.09 Å². The van der Waals surface area contributed by atoms with Gasteiger partial charge in [0, 0.05) is 21.9 Å². The number of hydrogen-bond donors (Lipinski definition) is 1. The highest BCUT2D eigenvalue weighted by molar-refractivity contribution is 7.50. The lowest BCUT2D eigenvalue weighted by Gasteiger charge is -2.27. The molecule has 1 unspecified atom stereocenters. The second-order valence-corrected chi connectivity index (χ2v) is 18.0. The number of aryl methyl sites for hydroxylation is 4. The van der Waals surface area contributed by atoms with E-state index in [-0.39, 0.29) is 0 Å². The second kappa shape index (κ2) is 21.9. The third kappa shape index (κ3) is 10.4. The Labute approximate surface area is 379 Å². The number of carbonyl (C=O) groups excluding carboxylic acids is 1. The highest BCUT2D eigenvalue weighted by atomic mass is 31.2. The van der Waals surface area contributed by atoms with Gasteiger partial charge in [0.25, 0.3) is 0 Å². The number of para-hydroxylation sites is 1. The van der Waals surface area contributed by atoms with Gasteiger partial charge in [-0.15, -0.1) is 0 Å². The molecule has 0 aliphatic carbocycles. The van der Waals surface area contributed by atoms with Crippen molar-refractivity contribution in [3.05, 3.63) is 101 Å². The molecule has 1 aliphatic heterocycles. The van der Waals surface area contributed by atoms with Crippen LogP contribution in [0.5, 0.6) is 34.5 Å². The average Bonchev–Trinajstić information content (AvgIpc) is 3.47. The molecule has 0 saturated carbocycles. The zero-order chi connectivity index (χ0) is 45.2. The molecule has 1 aliphatic rings. The summed E-state index contributed by atoms with van der Waals surface area (Å²) in [6, 6.07) is 23.4. The van der Waals surface area contributed by atoms with Crippen LogP contribution >= 0.6 is 16.8 Å². The van der Waals surface area contributed by atoms with E-state index in [2.05, 4.69) is 44.9 Å². The van der Waals surface area contributed by atoms with Crippen molar-refractivity contribution in [1.82, 2.24) is 0 Å². The van der Waals surface area contributed by atoms with Gasteiger partial charge in [-0.2, -0.15) is 0 Å². The van der Waals surface area contributed by atoms with E-state index >= 15 is 0 Å². The van der Waals surface area contributed by atoms with Crippen molar-refractivity contribution in [3.8, 4) is 45.6 Å². The minimum absolute atomic E-state index is 0.448. The molecule has 0 saturated heterocycles. The van der Waals surface area contributed by atoms with E-state index in [9.17, 15) is 4.79 Å². The SMILES string of the molecule is CCCCc1cc(OC)cc(-c2cc(OC)cc(CCCC)c2Op2oc3c(CCCC)cc(OC)cc3c3cc(OC)cc(CCCC)c3o2)c1OP1Nc2ccccc2C(=O)O1. The normalized spacial score (nSPS) is 13.2. The molecule has 0 fully saturated rings. The molecule has 7 rings (SSSR count). The summed E-state index contributed by atoms with van der Waals surface area (Å²) in [5.41, 5.74) is 7.70. The van der Waals surface area contributed by atoms with E-state index in [1.807, 2.05) is 54.6 Å². The van der Waals surface area contributed by atoms with Crippen LogP contribution in [0.1, 0.15) is 112 Å². The van der Waals surface area contributed by atoms with Crippen molar-refractivity contribution < 1.29 is 45.7 Å². The van der Waals surface area contributed by atoms with Crippen molar-refractivity contribution in [3.63, 3.8) is 0 Å². The molecule has 1 N–H and O–H groups in total. The standard InChI is InChI=1S/C51H61NO10P2/c1-9-13-19-33-25-37(54-5)29-42(47(33)58-63-52-46-24-18-17-23-41(46)51(53)62-63)43-30-38(55-6)26-34(20-14-10-2)48(43)59-64-60-49-35(21-15-11-3)27-39(56-7)31-44(49)45-32-40(57-8)28-36(22-16-12-4)50(45)61-64/h17-18,23-32,52H,9-16,19-22H2,1-8H3. The summed E-state index contributed by atoms with van der Waals surface area (Å²) in [6.07, 6.45) is 10.5. The fourth-order valence-electron chi connectivity index (χ4n) is 7.96. The second-order valence-electron chi connectivity index (χ2n) is 15.9. The minimum atomic E-state index is -2.15. The van der Waals surface area contributed by atoms with E-state index in [0.29, 0.717) is 69.4 Å². The molecule has 13 heteroatoms. The summed E-state index contributed by atoms with van der Waals surface area (Å²) in [4.78, 5) is 13.3. The zero-order valence-electron chi connectivity index (χ0n) is 38.4. The number of methoxy groups -OCH3 is 4. The van der Waals surface area contributed by atoms with Gasteiger partial charge in [-0.1, -0.05) is 65.5 Å². The molecule has 0 radical (unpaired) electrons. The number of rotatable bonds is 21. The summed E-state index contributed by atoms with van der Waals surface area (Å²) in [6.45, 7) is 8.68. The quantitative estimate of drug-likeness (QED) is 0.0695. The summed E-state index contributed by atoms with van der Waals surface area (Å²) < 4.78 is 58.1. The Kier molecular flexibility index (Phi) is 15.9. The largest absolute Gasteiger partial charge is 0.497 e. The number of fused-ring (bicyclic) bond motifs is 4. The minimum Gasteiger partial charge on any atom is -0.497 e.